The maximum Gasteiger partial charge on any atom is 0.125 e. The molecule has 0 saturated heterocycles. The summed E-state index contributed by atoms with van der Waals surface area (Å²) >= 11 is 0. The molecular formula is C18H16FN. The number of rotatable bonds is 3. The van der Waals surface area contributed by atoms with Crippen molar-refractivity contribution in [1.29, 1.82) is 0 Å². The Morgan fingerprint density at radius 3 is 2.65 bits per heavy atom. The zero-order chi connectivity index (χ0) is 13.9. The number of benzene rings is 3. The summed E-state index contributed by atoms with van der Waals surface area (Å²) in [5.74, 6) is -0.212. The monoisotopic (exact) mass is 265 g/mol. The fourth-order valence-corrected chi connectivity index (χ4v) is 2.42. The molecule has 0 amide bonds. The predicted octanol–water partition coefficient (Wildman–Crippen LogP) is 4.90. The summed E-state index contributed by atoms with van der Waals surface area (Å²) < 4.78 is 13.3. The fraction of sp³-hybridized carbons (Fsp3) is 0.111. The van der Waals surface area contributed by atoms with Crippen molar-refractivity contribution < 1.29 is 4.39 Å². The average molecular weight is 265 g/mol. The molecule has 0 fully saturated rings. The second kappa shape index (κ2) is 5.33. The quantitative estimate of drug-likeness (QED) is 0.710. The normalized spacial score (nSPS) is 10.7. The van der Waals surface area contributed by atoms with Gasteiger partial charge in [-0.05, 0) is 41.0 Å². The summed E-state index contributed by atoms with van der Waals surface area (Å²) in [6, 6.07) is 19.4. The molecule has 0 radical (unpaired) electrons. The van der Waals surface area contributed by atoms with Gasteiger partial charge in [0, 0.05) is 12.2 Å². The molecule has 0 unspecified atom stereocenters. The first-order valence-electron chi connectivity index (χ1n) is 6.71. The number of anilines is 1. The van der Waals surface area contributed by atoms with Gasteiger partial charge in [0.25, 0.3) is 0 Å². The van der Waals surface area contributed by atoms with Crippen molar-refractivity contribution in [3.63, 3.8) is 0 Å². The SMILES string of the molecule is Cc1ccc(F)cc1NCc1cccc2ccccc12. The molecule has 3 aromatic carbocycles. The molecule has 0 heterocycles. The number of hydrogen-bond acceptors (Lipinski definition) is 1. The van der Waals surface area contributed by atoms with Gasteiger partial charge in [0.05, 0.1) is 0 Å². The van der Waals surface area contributed by atoms with Crippen molar-refractivity contribution in [3.05, 3.63) is 77.6 Å². The Hall–Kier alpha value is -2.35. The van der Waals surface area contributed by atoms with Gasteiger partial charge >= 0.3 is 0 Å². The Bertz CT molecular complexity index is 744. The molecule has 0 aliphatic rings. The third-order valence-electron chi connectivity index (χ3n) is 3.55. The van der Waals surface area contributed by atoms with Crippen molar-refractivity contribution in [2.75, 3.05) is 5.32 Å². The second-order valence-corrected chi connectivity index (χ2v) is 4.95. The Balaban J connectivity index is 1.89. The number of aryl methyl sites for hydroxylation is 1. The van der Waals surface area contributed by atoms with E-state index in [1.54, 1.807) is 12.1 Å². The zero-order valence-corrected chi connectivity index (χ0v) is 11.4. The lowest BCUT2D eigenvalue weighted by atomic mass is 10.0. The minimum absolute atomic E-state index is 0.212. The molecule has 20 heavy (non-hydrogen) atoms. The highest BCUT2D eigenvalue weighted by molar-refractivity contribution is 5.85. The summed E-state index contributed by atoms with van der Waals surface area (Å²) in [7, 11) is 0. The van der Waals surface area contributed by atoms with Crippen molar-refractivity contribution in [2.24, 2.45) is 0 Å². The number of fused-ring (bicyclic) bond motifs is 1. The Kier molecular flexibility index (Phi) is 3.38. The van der Waals surface area contributed by atoms with Crippen molar-refractivity contribution in [3.8, 4) is 0 Å². The number of nitrogens with one attached hydrogen (secondary N) is 1. The van der Waals surface area contributed by atoms with Gasteiger partial charge in [-0.3, -0.25) is 0 Å². The minimum atomic E-state index is -0.212. The van der Waals surface area contributed by atoms with Crippen LogP contribution in [0.5, 0.6) is 0 Å². The maximum absolute atomic E-state index is 13.3. The Morgan fingerprint density at radius 2 is 1.75 bits per heavy atom. The van der Waals surface area contributed by atoms with Gasteiger partial charge in [-0.2, -0.15) is 0 Å². The van der Waals surface area contributed by atoms with Crippen LogP contribution in [0.1, 0.15) is 11.1 Å². The second-order valence-electron chi connectivity index (χ2n) is 4.95. The molecule has 1 N–H and O–H groups in total. The minimum Gasteiger partial charge on any atom is -0.381 e. The molecule has 0 saturated carbocycles. The van der Waals surface area contributed by atoms with E-state index in [0.717, 1.165) is 11.3 Å². The fourth-order valence-electron chi connectivity index (χ4n) is 2.42. The molecule has 0 atom stereocenters. The van der Waals surface area contributed by atoms with Gasteiger partial charge in [0.15, 0.2) is 0 Å². The standard InChI is InChI=1S/C18H16FN/c1-13-9-10-16(19)11-18(13)20-12-15-7-4-6-14-5-2-3-8-17(14)15/h2-11,20H,12H2,1H3. The van der Waals surface area contributed by atoms with Crippen LogP contribution in [-0.4, -0.2) is 0 Å². The van der Waals surface area contributed by atoms with E-state index in [1.165, 1.54) is 22.4 Å². The maximum atomic E-state index is 13.3. The third kappa shape index (κ3) is 2.50. The van der Waals surface area contributed by atoms with Crippen LogP contribution in [0.4, 0.5) is 10.1 Å². The highest BCUT2D eigenvalue weighted by atomic mass is 19.1. The van der Waals surface area contributed by atoms with E-state index in [0.29, 0.717) is 6.54 Å². The Morgan fingerprint density at radius 1 is 0.950 bits per heavy atom. The molecular weight excluding hydrogens is 249 g/mol. The lowest BCUT2D eigenvalue weighted by Gasteiger charge is -2.11. The van der Waals surface area contributed by atoms with Crippen molar-refractivity contribution in [2.45, 2.75) is 13.5 Å². The highest BCUT2D eigenvalue weighted by Crippen LogP contribution is 2.21. The van der Waals surface area contributed by atoms with Gasteiger partial charge in [0.1, 0.15) is 5.82 Å². The first-order chi connectivity index (χ1) is 9.74. The van der Waals surface area contributed by atoms with Crippen LogP contribution in [0.2, 0.25) is 0 Å². The molecule has 1 nitrogen and oxygen atoms in total. The van der Waals surface area contributed by atoms with Crippen LogP contribution in [0.25, 0.3) is 10.8 Å². The van der Waals surface area contributed by atoms with Crippen LogP contribution in [0, 0.1) is 12.7 Å². The van der Waals surface area contributed by atoms with Gasteiger partial charge in [-0.1, -0.05) is 48.5 Å². The molecule has 100 valence electrons. The average Bonchev–Trinajstić information content (AvgIpc) is 2.48. The van der Waals surface area contributed by atoms with E-state index in [4.69, 9.17) is 0 Å². The topological polar surface area (TPSA) is 12.0 Å². The highest BCUT2D eigenvalue weighted by Gasteiger charge is 2.03. The van der Waals surface area contributed by atoms with Crippen LogP contribution in [0.3, 0.4) is 0 Å². The third-order valence-corrected chi connectivity index (χ3v) is 3.55. The molecule has 2 heteroatoms. The van der Waals surface area contributed by atoms with Gasteiger partial charge in [0.2, 0.25) is 0 Å². The van der Waals surface area contributed by atoms with Crippen LogP contribution in [0.15, 0.2) is 60.7 Å². The first-order valence-corrected chi connectivity index (χ1v) is 6.71. The van der Waals surface area contributed by atoms with Crippen LogP contribution >= 0.6 is 0 Å². The molecule has 3 aromatic rings. The number of halogens is 1. The molecule has 3 rings (SSSR count). The molecule has 0 bridgehead atoms. The summed E-state index contributed by atoms with van der Waals surface area (Å²) in [6.07, 6.45) is 0. The largest absolute Gasteiger partial charge is 0.381 e. The summed E-state index contributed by atoms with van der Waals surface area (Å²) in [5.41, 5.74) is 3.11. The molecule has 0 aliphatic carbocycles. The van der Waals surface area contributed by atoms with E-state index >= 15 is 0 Å². The van der Waals surface area contributed by atoms with Crippen LogP contribution in [-0.2, 0) is 6.54 Å². The predicted molar refractivity (Wildman–Crippen MR) is 82.4 cm³/mol. The summed E-state index contributed by atoms with van der Waals surface area (Å²) in [4.78, 5) is 0. The Labute approximate surface area is 118 Å². The summed E-state index contributed by atoms with van der Waals surface area (Å²) in [5, 5.41) is 5.78. The van der Waals surface area contributed by atoms with E-state index in [9.17, 15) is 4.39 Å². The van der Waals surface area contributed by atoms with Crippen molar-refractivity contribution in [1.82, 2.24) is 0 Å². The molecule has 0 spiro atoms. The smallest absolute Gasteiger partial charge is 0.125 e. The lowest BCUT2D eigenvalue weighted by molar-refractivity contribution is 0.628. The van der Waals surface area contributed by atoms with E-state index in [2.05, 4.69) is 35.6 Å². The lowest BCUT2D eigenvalue weighted by Crippen LogP contribution is -2.02. The van der Waals surface area contributed by atoms with E-state index in [1.807, 2.05) is 19.1 Å². The zero-order valence-electron chi connectivity index (χ0n) is 11.4. The van der Waals surface area contributed by atoms with Gasteiger partial charge < -0.3 is 5.32 Å². The van der Waals surface area contributed by atoms with E-state index in [-0.39, 0.29) is 5.82 Å². The molecule has 0 aliphatic heterocycles. The summed E-state index contributed by atoms with van der Waals surface area (Å²) in [6.45, 7) is 2.66. The van der Waals surface area contributed by atoms with Crippen LogP contribution < -0.4 is 5.32 Å². The molecule has 0 aromatic heterocycles. The van der Waals surface area contributed by atoms with Gasteiger partial charge in [-0.25, -0.2) is 4.39 Å². The van der Waals surface area contributed by atoms with E-state index < -0.39 is 0 Å². The first kappa shape index (κ1) is 12.7. The van der Waals surface area contributed by atoms with Crippen molar-refractivity contribution >= 4 is 16.5 Å². The number of hydrogen-bond donors (Lipinski definition) is 1. The van der Waals surface area contributed by atoms with Gasteiger partial charge in [-0.15, -0.1) is 0 Å².